The van der Waals surface area contributed by atoms with Crippen LogP contribution in [0.4, 0.5) is 0 Å². The molecule has 0 saturated carbocycles. The minimum Gasteiger partial charge on any atom is -0.326 e. The molecule has 0 bridgehead atoms. The van der Waals surface area contributed by atoms with Gasteiger partial charge in [0.05, 0.1) is 18.1 Å². The standard InChI is InChI=1S/C15H20BrN3/c1-3-8-17-9-15-10-18-11-19(15)12(2)13-4-6-14(16)7-5-13/h4-7,10-12,17H,3,8-9H2,1-2H3. The zero-order valence-corrected chi connectivity index (χ0v) is 13.0. The molecule has 0 fully saturated rings. The Morgan fingerprint density at radius 1 is 1.32 bits per heavy atom. The molecule has 3 nitrogen and oxygen atoms in total. The van der Waals surface area contributed by atoms with Crippen molar-refractivity contribution in [3.8, 4) is 0 Å². The number of halogens is 1. The van der Waals surface area contributed by atoms with Crippen molar-refractivity contribution in [2.24, 2.45) is 0 Å². The number of imidazole rings is 1. The Morgan fingerprint density at radius 3 is 2.74 bits per heavy atom. The van der Waals surface area contributed by atoms with E-state index in [-0.39, 0.29) is 0 Å². The van der Waals surface area contributed by atoms with Crippen molar-refractivity contribution in [1.82, 2.24) is 14.9 Å². The molecule has 19 heavy (non-hydrogen) atoms. The number of aromatic nitrogens is 2. The fourth-order valence-corrected chi connectivity index (χ4v) is 2.38. The molecule has 1 atom stereocenters. The second-order valence-corrected chi connectivity index (χ2v) is 5.61. The first kappa shape index (κ1) is 14.3. The summed E-state index contributed by atoms with van der Waals surface area (Å²) in [5.41, 5.74) is 2.52. The first-order valence-electron chi connectivity index (χ1n) is 6.69. The lowest BCUT2D eigenvalue weighted by Crippen LogP contribution is -2.18. The molecule has 1 aromatic carbocycles. The molecule has 0 saturated heterocycles. The van der Waals surface area contributed by atoms with E-state index in [0.717, 1.165) is 24.0 Å². The Kier molecular flexibility index (Phi) is 5.16. The zero-order valence-electron chi connectivity index (χ0n) is 11.4. The summed E-state index contributed by atoms with van der Waals surface area (Å²) in [5, 5.41) is 3.42. The van der Waals surface area contributed by atoms with E-state index in [9.17, 15) is 0 Å². The number of nitrogens with one attached hydrogen (secondary N) is 1. The Bertz CT molecular complexity index is 504. The van der Waals surface area contributed by atoms with E-state index < -0.39 is 0 Å². The van der Waals surface area contributed by atoms with Crippen LogP contribution >= 0.6 is 15.9 Å². The largest absolute Gasteiger partial charge is 0.326 e. The molecule has 1 unspecified atom stereocenters. The summed E-state index contributed by atoms with van der Waals surface area (Å²) in [7, 11) is 0. The van der Waals surface area contributed by atoms with Crippen LogP contribution in [0, 0.1) is 0 Å². The van der Waals surface area contributed by atoms with E-state index >= 15 is 0 Å². The second-order valence-electron chi connectivity index (χ2n) is 4.70. The fourth-order valence-electron chi connectivity index (χ4n) is 2.11. The van der Waals surface area contributed by atoms with Crippen LogP contribution in [0.1, 0.15) is 37.6 Å². The third kappa shape index (κ3) is 3.67. The van der Waals surface area contributed by atoms with Crippen molar-refractivity contribution in [2.75, 3.05) is 6.54 Å². The van der Waals surface area contributed by atoms with Crippen LogP contribution in [-0.4, -0.2) is 16.1 Å². The van der Waals surface area contributed by atoms with Gasteiger partial charge in [0.1, 0.15) is 0 Å². The summed E-state index contributed by atoms with van der Waals surface area (Å²) in [4.78, 5) is 4.28. The van der Waals surface area contributed by atoms with Crippen molar-refractivity contribution in [3.63, 3.8) is 0 Å². The van der Waals surface area contributed by atoms with E-state index in [1.807, 2.05) is 12.5 Å². The minimum atomic E-state index is 0.300. The molecule has 0 aliphatic heterocycles. The monoisotopic (exact) mass is 321 g/mol. The Hall–Kier alpha value is -1.13. The third-order valence-corrected chi connectivity index (χ3v) is 3.78. The molecular weight excluding hydrogens is 302 g/mol. The highest BCUT2D eigenvalue weighted by atomic mass is 79.9. The van der Waals surface area contributed by atoms with E-state index in [2.05, 4.69) is 68.9 Å². The molecule has 0 aliphatic carbocycles. The quantitative estimate of drug-likeness (QED) is 0.821. The highest BCUT2D eigenvalue weighted by Crippen LogP contribution is 2.21. The maximum atomic E-state index is 4.28. The number of rotatable bonds is 6. The SMILES string of the molecule is CCCNCc1cncn1C(C)c1ccc(Br)cc1. The van der Waals surface area contributed by atoms with Gasteiger partial charge in [0.15, 0.2) is 0 Å². The summed E-state index contributed by atoms with van der Waals surface area (Å²) in [5.74, 6) is 0. The lowest BCUT2D eigenvalue weighted by atomic mass is 10.1. The zero-order chi connectivity index (χ0) is 13.7. The molecule has 2 rings (SSSR count). The molecule has 4 heteroatoms. The van der Waals surface area contributed by atoms with Gasteiger partial charge in [-0.15, -0.1) is 0 Å². The van der Waals surface area contributed by atoms with Gasteiger partial charge in [-0.2, -0.15) is 0 Å². The van der Waals surface area contributed by atoms with E-state index in [0.29, 0.717) is 6.04 Å². The predicted octanol–water partition coefficient (Wildman–Crippen LogP) is 3.75. The molecule has 0 aliphatic rings. The lowest BCUT2D eigenvalue weighted by Gasteiger charge is -2.17. The van der Waals surface area contributed by atoms with Crippen LogP contribution in [-0.2, 0) is 6.54 Å². The van der Waals surface area contributed by atoms with Crippen molar-refractivity contribution in [1.29, 1.82) is 0 Å². The fraction of sp³-hybridized carbons (Fsp3) is 0.400. The normalized spacial score (nSPS) is 12.6. The molecule has 2 aromatic rings. The highest BCUT2D eigenvalue weighted by molar-refractivity contribution is 9.10. The van der Waals surface area contributed by atoms with Gasteiger partial charge in [-0.3, -0.25) is 0 Å². The van der Waals surface area contributed by atoms with Crippen LogP contribution in [0.2, 0.25) is 0 Å². The molecule has 1 aromatic heterocycles. The predicted molar refractivity (Wildman–Crippen MR) is 82.2 cm³/mol. The lowest BCUT2D eigenvalue weighted by molar-refractivity contribution is 0.574. The van der Waals surface area contributed by atoms with Gasteiger partial charge in [0.2, 0.25) is 0 Å². The van der Waals surface area contributed by atoms with Crippen LogP contribution < -0.4 is 5.32 Å². The van der Waals surface area contributed by atoms with Crippen LogP contribution in [0.15, 0.2) is 41.3 Å². The maximum Gasteiger partial charge on any atom is 0.0954 e. The van der Waals surface area contributed by atoms with Gasteiger partial charge in [0.25, 0.3) is 0 Å². The average Bonchev–Trinajstić information content (AvgIpc) is 2.87. The number of nitrogens with zero attached hydrogens (tertiary/aromatic N) is 2. The maximum absolute atomic E-state index is 4.28. The molecule has 1 heterocycles. The molecule has 102 valence electrons. The van der Waals surface area contributed by atoms with Crippen LogP contribution in [0.3, 0.4) is 0 Å². The van der Waals surface area contributed by atoms with Crippen LogP contribution in [0.25, 0.3) is 0 Å². The molecule has 0 amide bonds. The number of benzene rings is 1. The van der Waals surface area contributed by atoms with Crippen molar-refractivity contribution in [3.05, 3.63) is 52.5 Å². The Labute approximate surface area is 123 Å². The van der Waals surface area contributed by atoms with Crippen LogP contribution in [0.5, 0.6) is 0 Å². The molecule has 0 radical (unpaired) electrons. The van der Waals surface area contributed by atoms with E-state index in [1.165, 1.54) is 11.3 Å². The third-order valence-electron chi connectivity index (χ3n) is 3.25. The van der Waals surface area contributed by atoms with E-state index in [1.54, 1.807) is 0 Å². The summed E-state index contributed by atoms with van der Waals surface area (Å²) in [6.45, 7) is 6.29. The summed E-state index contributed by atoms with van der Waals surface area (Å²) < 4.78 is 3.34. The number of hydrogen-bond acceptors (Lipinski definition) is 2. The first-order chi connectivity index (χ1) is 9.22. The topological polar surface area (TPSA) is 29.9 Å². The van der Waals surface area contributed by atoms with Gasteiger partial charge in [-0.05, 0) is 37.6 Å². The summed E-state index contributed by atoms with van der Waals surface area (Å²) in [6, 6.07) is 8.76. The van der Waals surface area contributed by atoms with Crippen molar-refractivity contribution < 1.29 is 0 Å². The van der Waals surface area contributed by atoms with E-state index in [4.69, 9.17) is 0 Å². The molecule has 1 N–H and O–H groups in total. The minimum absolute atomic E-state index is 0.300. The van der Waals surface area contributed by atoms with Gasteiger partial charge >= 0.3 is 0 Å². The van der Waals surface area contributed by atoms with Gasteiger partial charge in [-0.25, -0.2) is 4.98 Å². The molecular formula is C15H20BrN3. The number of hydrogen-bond donors (Lipinski definition) is 1. The smallest absolute Gasteiger partial charge is 0.0954 e. The summed E-state index contributed by atoms with van der Waals surface area (Å²) in [6.07, 6.45) is 5.00. The average molecular weight is 322 g/mol. The van der Waals surface area contributed by atoms with Crippen molar-refractivity contribution >= 4 is 15.9 Å². The Balaban J connectivity index is 2.12. The van der Waals surface area contributed by atoms with Gasteiger partial charge in [-0.1, -0.05) is 35.0 Å². The van der Waals surface area contributed by atoms with Crippen molar-refractivity contribution in [2.45, 2.75) is 32.9 Å². The Morgan fingerprint density at radius 2 is 2.05 bits per heavy atom. The van der Waals surface area contributed by atoms with Gasteiger partial charge < -0.3 is 9.88 Å². The van der Waals surface area contributed by atoms with Gasteiger partial charge in [0, 0.05) is 17.2 Å². The first-order valence-corrected chi connectivity index (χ1v) is 7.48. The molecule has 0 spiro atoms. The highest BCUT2D eigenvalue weighted by Gasteiger charge is 2.11. The second kappa shape index (κ2) is 6.87. The summed E-state index contributed by atoms with van der Waals surface area (Å²) >= 11 is 3.47.